The van der Waals surface area contributed by atoms with Gasteiger partial charge in [-0.3, -0.25) is 9.89 Å². The Bertz CT molecular complexity index is 1300. The number of alkyl halides is 1. The largest absolute Gasteiger partial charge is 0.489 e. The van der Waals surface area contributed by atoms with Crippen LogP contribution in [0.4, 0.5) is 13.9 Å². The fourth-order valence-corrected chi connectivity index (χ4v) is 4.33. The number of nitrogens with zero attached hydrogens (tertiary/aromatic N) is 3. The van der Waals surface area contributed by atoms with Gasteiger partial charge in [-0.25, -0.2) is 18.7 Å². The van der Waals surface area contributed by atoms with E-state index in [0.717, 1.165) is 0 Å². The van der Waals surface area contributed by atoms with Crippen molar-refractivity contribution < 1.29 is 18.3 Å². The van der Waals surface area contributed by atoms with Gasteiger partial charge in [-0.15, -0.1) is 0 Å². The van der Waals surface area contributed by atoms with Crippen molar-refractivity contribution >= 4 is 43.6 Å². The second-order valence-corrected chi connectivity index (χ2v) is 8.10. The fraction of sp³-hybridized carbons (Fsp3) is 0.300. The maximum atomic E-state index is 15.0. The van der Waals surface area contributed by atoms with E-state index in [0.29, 0.717) is 49.8 Å². The molecule has 2 unspecified atom stereocenters. The number of carbonyl (C=O) groups is 1. The van der Waals surface area contributed by atoms with E-state index in [-0.39, 0.29) is 18.1 Å². The van der Waals surface area contributed by atoms with Crippen molar-refractivity contribution in [3.63, 3.8) is 0 Å². The molecule has 3 aromatic heterocycles. The Balaban J connectivity index is 1.57. The van der Waals surface area contributed by atoms with Gasteiger partial charge in [-0.05, 0) is 38.0 Å². The zero-order valence-electron chi connectivity index (χ0n) is 16.1. The number of aromatic nitrogens is 4. The number of fused-ring (bicyclic) bond motifs is 2. The van der Waals surface area contributed by atoms with E-state index in [4.69, 9.17) is 4.74 Å². The number of amides is 1. The highest BCUT2D eigenvalue weighted by atomic mass is 32.1. The molecule has 154 valence electrons. The molecule has 5 rings (SSSR count). The third kappa shape index (κ3) is 2.98. The normalized spacial score (nSPS) is 18.1. The fourth-order valence-electron chi connectivity index (χ4n) is 3.49. The smallest absolute Gasteiger partial charge is 0.232 e. The van der Waals surface area contributed by atoms with E-state index in [9.17, 15) is 9.18 Å². The Hall–Kier alpha value is -3.14. The maximum absolute atomic E-state index is 15.0. The first-order chi connectivity index (χ1) is 14.5. The Morgan fingerprint density at radius 1 is 1.40 bits per heavy atom. The maximum Gasteiger partial charge on any atom is 0.232 e. The van der Waals surface area contributed by atoms with E-state index in [1.54, 1.807) is 32.2 Å². The molecule has 10 heteroatoms. The first-order valence-electron chi connectivity index (χ1n) is 9.48. The first kappa shape index (κ1) is 18.9. The summed E-state index contributed by atoms with van der Waals surface area (Å²) in [5.74, 6) is -1.29. The molecular weight excluding hydrogens is 412 g/mol. The minimum atomic E-state index is -1.07. The zero-order valence-corrected chi connectivity index (χ0v) is 16.9. The van der Waals surface area contributed by atoms with Gasteiger partial charge < -0.3 is 10.1 Å². The summed E-state index contributed by atoms with van der Waals surface area (Å²) in [6.07, 6.45) is 0.800. The minimum absolute atomic E-state index is 0.140. The summed E-state index contributed by atoms with van der Waals surface area (Å²) >= 11 is 1.19. The molecule has 30 heavy (non-hydrogen) atoms. The van der Waals surface area contributed by atoms with Gasteiger partial charge in [0.05, 0.1) is 24.4 Å². The van der Waals surface area contributed by atoms with Crippen molar-refractivity contribution in [2.45, 2.75) is 26.4 Å². The highest BCUT2D eigenvalue weighted by molar-refractivity contribution is 7.22. The van der Waals surface area contributed by atoms with Crippen molar-refractivity contribution in [1.29, 1.82) is 0 Å². The molecule has 0 aliphatic heterocycles. The third-order valence-electron chi connectivity index (χ3n) is 5.12. The molecule has 0 bridgehead atoms. The number of hydrogen-bond acceptors (Lipinski definition) is 6. The van der Waals surface area contributed by atoms with Gasteiger partial charge in [0, 0.05) is 10.9 Å². The van der Waals surface area contributed by atoms with Crippen molar-refractivity contribution in [3.05, 3.63) is 29.7 Å². The minimum Gasteiger partial charge on any atom is -0.489 e. The van der Waals surface area contributed by atoms with Gasteiger partial charge in [0.25, 0.3) is 0 Å². The molecule has 1 aliphatic carbocycles. The monoisotopic (exact) mass is 429 g/mol. The van der Waals surface area contributed by atoms with E-state index in [1.807, 2.05) is 0 Å². The molecule has 3 heterocycles. The number of pyridine rings is 1. The van der Waals surface area contributed by atoms with Gasteiger partial charge in [0.1, 0.15) is 22.0 Å². The molecule has 0 radical (unpaired) electrons. The van der Waals surface area contributed by atoms with Crippen LogP contribution in [0.5, 0.6) is 5.75 Å². The topological polar surface area (TPSA) is 92.8 Å². The van der Waals surface area contributed by atoms with E-state index in [2.05, 4.69) is 25.5 Å². The molecule has 0 spiro atoms. The SMILES string of the molecule is CCOc1c(F)c(C)c(-c2ccc3nc(NC(=O)C4CC4F)sc3n2)c2cn[nH]c12. The van der Waals surface area contributed by atoms with Gasteiger partial charge in [0.15, 0.2) is 16.7 Å². The number of nitrogens with one attached hydrogen (secondary N) is 2. The first-order valence-corrected chi connectivity index (χ1v) is 10.3. The summed E-state index contributed by atoms with van der Waals surface area (Å²) in [5, 5.41) is 10.6. The van der Waals surface area contributed by atoms with Crippen LogP contribution in [0.15, 0.2) is 18.3 Å². The zero-order chi connectivity index (χ0) is 21.0. The van der Waals surface area contributed by atoms with Crippen LogP contribution in [0.1, 0.15) is 18.9 Å². The Morgan fingerprint density at radius 3 is 2.93 bits per heavy atom. The lowest BCUT2D eigenvalue weighted by atomic mass is 9.99. The standard InChI is InChI=1S/C20H17F2N5O2S/c1-3-29-17-15(22)8(2)14(10-7-23-27-16(10)17)12-4-5-13-19(24-12)30-20(25-13)26-18(28)9-6-11(9)21/h4-5,7,9,11H,3,6H2,1-2H3,(H,23,27)(H,25,26,28). The molecule has 1 aromatic carbocycles. The van der Waals surface area contributed by atoms with Crippen LogP contribution < -0.4 is 10.1 Å². The van der Waals surface area contributed by atoms with Gasteiger partial charge in [-0.1, -0.05) is 11.3 Å². The number of carbonyl (C=O) groups excluding carboxylic acids is 1. The second-order valence-electron chi connectivity index (χ2n) is 7.12. The van der Waals surface area contributed by atoms with Crippen molar-refractivity contribution in [2.75, 3.05) is 11.9 Å². The van der Waals surface area contributed by atoms with E-state index < -0.39 is 17.9 Å². The number of H-pyrrole nitrogens is 1. The lowest BCUT2D eigenvalue weighted by Gasteiger charge is -2.13. The predicted octanol–water partition coefficient (Wildman–Crippen LogP) is 4.38. The van der Waals surface area contributed by atoms with E-state index >= 15 is 4.39 Å². The third-order valence-corrected chi connectivity index (χ3v) is 6.00. The van der Waals surface area contributed by atoms with E-state index in [1.165, 1.54) is 11.3 Å². The van der Waals surface area contributed by atoms with Crippen LogP contribution in [-0.2, 0) is 4.79 Å². The van der Waals surface area contributed by atoms with Crippen LogP contribution in [0, 0.1) is 18.7 Å². The van der Waals surface area contributed by atoms with Crippen molar-refractivity contribution in [3.8, 4) is 17.0 Å². The summed E-state index contributed by atoms with van der Waals surface area (Å²) in [7, 11) is 0. The summed E-state index contributed by atoms with van der Waals surface area (Å²) < 4.78 is 33.6. The summed E-state index contributed by atoms with van der Waals surface area (Å²) in [4.78, 5) is 21.5. The molecule has 1 saturated carbocycles. The average Bonchev–Trinajstić information content (AvgIpc) is 3.11. The average molecular weight is 429 g/mol. The van der Waals surface area contributed by atoms with Crippen LogP contribution in [-0.4, -0.2) is 38.9 Å². The van der Waals surface area contributed by atoms with Gasteiger partial charge in [-0.2, -0.15) is 5.10 Å². The quantitative estimate of drug-likeness (QED) is 0.491. The number of ether oxygens (including phenoxy) is 1. The Kier molecular flexibility index (Phi) is 4.39. The number of aromatic amines is 1. The molecular formula is C20H17F2N5O2S. The predicted molar refractivity (Wildman–Crippen MR) is 110 cm³/mol. The molecule has 1 fully saturated rings. The van der Waals surface area contributed by atoms with Crippen LogP contribution in [0.2, 0.25) is 0 Å². The van der Waals surface area contributed by atoms with Crippen LogP contribution in [0.3, 0.4) is 0 Å². The molecule has 2 N–H and O–H groups in total. The summed E-state index contributed by atoms with van der Waals surface area (Å²) in [6.45, 7) is 3.79. The summed E-state index contributed by atoms with van der Waals surface area (Å²) in [5.41, 5.74) is 2.64. The molecule has 1 aliphatic rings. The molecule has 0 saturated heterocycles. The number of thiazole rings is 1. The highest BCUT2D eigenvalue weighted by Crippen LogP contribution is 2.40. The number of benzene rings is 1. The number of rotatable bonds is 5. The summed E-state index contributed by atoms with van der Waals surface area (Å²) in [6, 6.07) is 3.51. The molecule has 1 amide bonds. The Labute approximate surface area is 173 Å². The van der Waals surface area contributed by atoms with Crippen molar-refractivity contribution in [2.24, 2.45) is 5.92 Å². The Morgan fingerprint density at radius 2 is 2.20 bits per heavy atom. The number of halogens is 2. The molecule has 2 atom stereocenters. The molecule has 7 nitrogen and oxygen atoms in total. The molecule has 4 aromatic rings. The number of hydrogen-bond donors (Lipinski definition) is 2. The lowest BCUT2D eigenvalue weighted by molar-refractivity contribution is -0.117. The van der Waals surface area contributed by atoms with Gasteiger partial charge in [0.2, 0.25) is 5.91 Å². The highest BCUT2D eigenvalue weighted by Gasteiger charge is 2.43. The van der Waals surface area contributed by atoms with Gasteiger partial charge >= 0.3 is 0 Å². The van der Waals surface area contributed by atoms with Crippen LogP contribution in [0.25, 0.3) is 32.5 Å². The van der Waals surface area contributed by atoms with Crippen LogP contribution >= 0.6 is 11.3 Å². The second kappa shape index (κ2) is 6.98. The van der Waals surface area contributed by atoms with Crippen molar-refractivity contribution in [1.82, 2.24) is 20.2 Å². The lowest BCUT2D eigenvalue weighted by Crippen LogP contribution is -2.14. The number of anilines is 1.